The summed E-state index contributed by atoms with van der Waals surface area (Å²) in [6, 6.07) is 54.4. The van der Waals surface area contributed by atoms with Gasteiger partial charge in [0.25, 0.3) is 0 Å². The van der Waals surface area contributed by atoms with Gasteiger partial charge in [-0.05, 0) is 94.0 Å². The predicted molar refractivity (Wildman–Crippen MR) is 191 cm³/mol. The van der Waals surface area contributed by atoms with Crippen LogP contribution in [0, 0.1) is 11.3 Å². The quantitative estimate of drug-likeness (QED) is 0.171. The topological polar surface area (TPSA) is 27.0 Å². The number of hydrogen-bond donors (Lipinski definition) is 0. The van der Waals surface area contributed by atoms with Crippen molar-refractivity contribution in [2.45, 2.75) is 29.9 Å². The van der Waals surface area contributed by atoms with E-state index in [1.54, 1.807) is 0 Å². The average Bonchev–Trinajstić information content (AvgIpc) is 3.31. The minimum absolute atomic E-state index is 0.0494. The van der Waals surface area contributed by atoms with Gasteiger partial charge >= 0.3 is 0 Å². The highest BCUT2D eigenvalue weighted by Crippen LogP contribution is 2.51. The molecular weight excluding hydrogens is 565 g/mol. The van der Waals surface area contributed by atoms with E-state index in [0.717, 1.165) is 22.8 Å². The Morgan fingerprint density at radius 3 is 1.84 bits per heavy atom. The maximum Gasteiger partial charge on any atom is 0.155 e. The third kappa shape index (κ3) is 5.43. The van der Waals surface area contributed by atoms with Crippen LogP contribution in [0.1, 0.15) is 36.1 Å². The first-order valence-electron chi connectivity index (χ1n) is 15.3. The van der Waals surface area contributed by atoms with Gasteiger partial charge in [-0.1, -0.05) is 92.7 Å². The van der Waals surface area contributed by atoms with Gasteiger partial charge < -0.3 is 4.90 Å². The molecule has 2 nitrogen and oxygen atoms in total. The lowest BCUT2D eigenvalue weighted by Gasteiger charge is -2.28. The number of para-hydroxylation sites is 2. The molecule has 45 heavy (non-hydrogen) atoms. The highest BCUT2D eigenvalue weighted by molar-refractivity contribution is 7.95. The molecule has 1 aliphatic rings. The zero-order valence-electron chi connectivity index (χ0n) is 25.9. The fourth-order valence-corrected chi connectivity index (χ4v) is 8.04. The van der Waals surface area contributed by atoms with Gasteiger partial charge in [-0.2, -0.15) is 5.26 Å². The molecule has 3 heteroatoms. The summed E-state index contributed by atoms with van der Waals surface area (Å²) in [5.74, 6) is 0.965. The second-order valence-corrected chi connectivity index (χ2v) is 14.3. The maximum absolute atomic E-state index is 9.14. The molecule has 1 aliphatic carbocycles. The Morgan fingerprint density at radius 1 is 0.600 bits per heavy atom. The van der Waals surface area contributed by atoms with Crippen LogP contribution in [0.5, 0.6) is 0 Å². The Kier molecular flexibility index (Phi) is 7.53. The van der Waals surface area contributed by atoms with Crippen LogP contribution in [0.2, 0.25) is 0 Å². The number of rotatable bonds is 7. The van der Waals surface area contributed by atoms with Gasteiger partial charge in [0.15, 0.2) is 4.90 Å². The summed E-state index contributed by atoms with van der Waals surface area (Å²) < 4.78 is 0. The van der Waals surface area contributed by atoms with E-state index >= 15 is 0 Å². The van der Waals surface area contributed by atoms with Crippen LogP contribution in [-0.2, 0) is 22.1 Å². The van der Waals surface area contributed by atoms with Crippen molar-refractivity contribution in [3.05, 3.63) is 168 Å². The second-order valence-electron chi connectivity index (χ2n) is 12.2. The summed E-state index contributed by atoms with van der Waals surface area (Å²) in [4.78, 5) is 3.70. The third-order valence-corrected chi connectivity index (χ3v) is 10.8. The van der Waals surface area contributed by atoms with Crippen molar-refractivity contribution in [2.75, 3.05) is 11.2 Å². The minimum Gasteiger partial charge on any atom is -0.310 e. The van der Waals surface area contributed by atoms with E-state index in [-0.39, 0.29) is 16.3 Å². The average molecular weight is 600 g/mol. The molecule has 0 amide bonds. The molecule has 7 rings (SSSR count). The van der Waals surface area contributed by atoms with Crippen molar-refractivity contribution in [3.63, 3.8) is 0 Å². The van der Waals surface area contributed by atoms with Crippen molar-refractivity contribution in [3.8, 4) is 28.3 Å². The summed E-state index contributed by atoms with van der Waals surface area (Å²) >= 11 is 0. The van der Waals surface area contributed by atoms with Crippen molar-refractivity contribution < 1.29 is 0 Å². The molecule has 6 aromatic carbocycles. The minimum atomic E-state index is -0.141. The van der Waals surface area contributed by atoms with Crippen LogP contribution >= 0.6 is 0 Å². The monoisotopic (exact) mass is 599 g/mol. The van der Waals surface area contributed by atoms with E-state index in [9.17, 15) is 0 Å². The summed E-state index contributed by atoms with van der Waals surface area (Å²) in [6.45, 7) is 4.72. The van der Waals surface area contributed by atoms with Crippen LogP contribution in [0.4, 0.5) is 17.1 Å². The van der Waals surface area contributed by atoms with E-state index in [1.165, 1.54) is 43.8 Å². The summed E-state index contributed by atoms with van der Waals surface area (Å²) in [6.07, 6.45) is 2.31. The maximum atomic E-state index is 9.14. The molecular formula is C42H35N2S+. The number of fused-ring (bicyclic) bond motifs is 3. The van der Waals surface area contributed by atoms with Crippen molar-refractivity contribution in [1.29, 1.82) is 5.26 Å². The zero-order chi connectivity index (χ0) is 31.0. The SMILES string of the molecule is C[S+](Cc1ccc(C#N)cc1)c1cccc(-c2ccc3c(c2)C(C)(C)c2cc(N(c4ccccc4)c4ccccc4)ccc2-3)c1. The molecule has 6 aromatic rings. The van der Waals surface area contributed by atoms with Crippen LogP contribution in [0.15, 0.2) is 150 Å². The largest absolute Gasteiger partial charge is 0.310 e. The molecule has 0 saturated heterocycles. The van der Waals surface area contributed by atoms with Gasteiger partial charge in [-0.3, -0.25) is 0 Å². The molecule has 0 aliphatic heterocycles. The molecule has 0 spiro atoms. The van der Waals surface area contributed by atoms with Gasteiger partial charge in [0.2, 0.25) is 0 Å². The van der Waals surface area contributed by atoms with Crippen LogP contribution in [-0.4, -0.2) is 6.26 Å². The molecule has 0 bridgehead atoms. The number of anilines is 3. The zero-order valence-corrected chi connectivity index (χ0v) is 26.7. The van der Waals surface area contributed by atoms with Gasteiger partial charge in [-0.25, -0.2) is 0 Å². The lowest BCUT2D eigenvalue weighted by Crippen LogP contribution is -2.16. The molecule has 1 atom stereocenters. The van der Waals surface area contributed by atoms with Crippen LogP contribution in [0.3, 0.4) is 0 Å². The van der Waals surface area contributed by atoms with Crippen molar-refractivity contribution in [2.24, 2.45) is 0 Å². The Bertz CT molecular complexity index is 1980. The van der Waals surface area contributed by atoms with Gasteiger partial charge in [-0.15, -0.1) is 0 Å². The van der Waals surface area contributed by atoms with E-state index < -0.39 is 0 Å². The number of nitriles is 1. The Hall–Kier alpha value is -5.04. The smallest absolute Gasteiger partial charge is 0.155 e. The standard InChI is InChI=1S/C42H35N2S/c1-42(2)40-26-33(32-11-10-16-37(25-32)45(3)29-31-19-17-30(28-43)18-20-31)21-23-38(40)39-24-22-36(27-41(39)42)44(34-12-6-4-7-13-34)35-14-8-5-9-15-35/h4-27H,29H2,1-3H3/q+1. The lowest BCUT2D eigenvalue weighted by molar-refractivity contribution is 0.660. The van der Waals surface area contributed by atoms with E-state index in [2.05, 4.69) is 165 Å². The highest BCUT2D eigenvalue weighted by atomic mass is 32.2. The highest BCUT2D eigenvalue weighted by Gasteiger charge is 2.36. The summed E-state index contributed by atoms with van der Waals surface area (Å²) in [5, 5.41) is 9.14. The molecule has 1 unspecified atom stereocenters. The first-order valence-corrected chi connectivity index (χ1v) is 17.1. The predicted octanol–water partition coefficient (Wildman–Crippen LogP) is 10.8. The molecule has 0 saturated carbocycles. The Morgan fingerprint density at radius 2 is 1.20 bits per heavy atom. The molecule has 0 radical (unpaired) electrons. The van der Waals surface area contributed by atoms with Gasteiger partial charge in [0.05, 0.1) is 11.6 Å². The van der Waals surface area contributed by atoms with E-state index in [4.69, 9.17) is 5.26 Å². The first kappa shape index (κ1) is 28.7. The normalized spacial score (nSPS) is 13.4. The van der Waals surface area contributed by atoms with Crippen LogP contribution in [0.25, 0.3) is 22.3 Å². The van der Waals surface area contributed by atoms with Crippen LogP contribution < -0.4 is 4.90 Å². The third-order valence-electron chi connectivity index (χ3n) is 8.98. The number of hydrogen-bond acceptors (Lipinski definition) is 2. The first-order chi connectivity index (χ1) is 21.9. The fraction of sp³-hybridized carbons (Fsp3) is 0.119. The van der Waals surface area contributed by atoms with E-state index in [0.29, 0.717) is 5.56 Å². The molecule has 218 valence electrons. The Labute approximate surface area is 269 Å². The molecule has 0 N–H and O–H groups in total. The van der Waals surface area contributed by atoms with E-state index in [1.807, 2.05) is 12.1 Å². The molecule has 0 heterocycles. The number of benzene rings is 6. The Balaban J connectivity index is 1.21. The van der Waals surface area contributed by atoms with Crippen molar-refractivity contribution >= 4 is 28.0 Å². The molecule has 0 aromatic heterocycles. The fourth-order valence-electron chi connectivity index (χ4n) is 6.55. The molecule has 0 fully saturated rings. The van der Waals surface area contributed by atoms with Gasteiger partial charge in [0, 0.05) is 45.0 Å². The van der Waals surface area contributed by atoms with Crippen molar-refractivity contribution in [1.82, 2.24) is 0 Å². The number of nitrogens with zero attached hydrogens (tertiary/aromatic N) is 2. The summed E-state index contributed by atoms with van der Waals surface area (Å²) in [7, 11) is 0.0494. The lowest BCUT2D eigenvalue weighted by atomic mass is 9.81. The second kappa shape index (κ2) is 11.8. The van der Waals surface area contributed by atoms with Gasteiger partial charge in [0.1, 0.15) is 12.0 Å². The summed E-state index contributed by atoms with van der Waals surface area (Å²) in [5.41, 5.74) is 13.2.